The van der Waals surface area contributed by atoms with Gasteiger partial charge in [0.2, 0.25) is 5.91 Å². The number of nitrogens with zero attached hydrogens (tertiary/aromatic N) is 4. The number of rotatable bonds is 8. The van der Waals surface area contributed by atoms with E-state index in [0.29, 0.717) is 38.2 Å². The molecule has 5 rings (SSSR count). The summed E-state index contributed by atoms with van der Waals surface area (Å²) in [6.45, 7) is 1.86. The first-order chi connectivity index (χ1) is 18.4. The second-order valence-corrected chi connectivity index (χ2v) is 10.6. The maximum Gasteiger partial charge on any atom is 0.273 e. The number of nitro groups is 1. The summed E-state index contributed by atoms with van der Waals surface area (Å²) in [5.41, 5.74) is 3.49. The van der Waals surface area contributed by atoms with Gasteiger partial charge in [-0.25, -0.2) is 4.98 Å². The van der Waals surface area contributed by atoms with Gasteiger partial charge in [-0.15, -0.1) is 11.3 Å². The van der Waals surface area contributed by atoms with E-state index in [0.717, 1.165) is 39.9 Å². The number of piperidine rings is 1. The van der Waals surface area contributed by atoms with Crippen LogP contribution < -0.4 is 0 Å². The van der Waals surface area contributed by atoms with Gasteiger partial charge in [-0.1, -0.05) is 30.3 Å². The van der Waals surface area contributed by atoms with E-state index in [9.17, 15) is 19.7 Å². The molecule has 0 saturated carbocycles. The number of carbonyl (C=O) groups is 2. The van der Waals surface area contributed by atoms with Crippen molar-refractivity contribution in [2.45, 2.75) is 31.6 Å². The number of hydrogen-bond acceptors (Lipinski definition) is 6. The van der Waals surface area contributed by atoms with E-state index in [1.165, 1.54) is 23.5 Å². The van der Waals surface area contributed by atoms with Crippen LogP contribution in [0.1, 0.15) is 45.4 Å². The Balaban J connectivity index is 1.11. The number of nitrogens with one attached hydrogen (secondary N) is 1. The van der Waals surface area contributed by atoms with Crippen LogP contribution in [0.4, 0.5) is 5.69 Å². The minimum Gasteiger partial charge on any atom is -0.361 e. The topological polar surface area (TPSA) is 112 Å². The summed E-state index contributed by atoms with van der Waals surface area (Å²) in [4.78, 5) is 47.7. The third-order valence-corrected chi connectivity index (χ3v) is 8.19. The van der Waals surface area contributed by atoms with E-state index in [4.69, 9.17) is 0 Å². The molecular formula is C28H29N5O4S. The number of amides is 2. The third kappa shape index (κ3) is 5.60. The van der Waals surface area contributed by atoms with E-state index in [-0.39, 0.29) is 23.4 Å². The number of aromatic nitrogens is 2. The van der Waals surface area contributed by atoms with Gasteiger partial charge in [0.15, 0.2) is 0 Å². The number of H-pyrrole nitrogens is 1. The molecule has 0 radical (unpaired) electrons. The van der Waals surface area contributed by atoms with Gasteiger partial charge in [-0.3, -0.25) is 19.7 Å². The summed E-state index contributed by atoms with van der Waals surface area (Å²) in [5.74, 6) is 0.239. The van der Waals surface area contributed by atoms with Gasteiger partial charge < -0.3 is 14.8 Å². The quantitative estimate of drug-likeness (QED) is 0.259. The zero-order chi connectivity index (χ0) is 26.6. The molecule has 0 bridgehead atoms. The van der Waals surface area contributed by atoms with E-state index in [1.807, 2.05) is 40.7 Å². The first-order valence-electron chi connectivity index (χ1n) is 12.7. The van der Waals surface area contributed by atoms with Crippen molar-refractivity contribution in [2.75, 3.05) is 26.7 Å². The van der Waals surface area contributed by atoms with Gasteiger partial charge in [0.25, 0.3) is 11.6 Å². The van der Waals surface area contributed by atoms with Gasteiger partial charge >= 0.3 is 0 Å². The van der Waals surface area contributed by atoms with E-state index in [1.54, 1.807) is 24.1 Å². The summed E-state index contributed by atoms with van der Waals surface area (Å²) < 4.78 is 0. The van der Waals surface area contributed by atoms with Crippen molar-refractivity contribution in [2.24, 2.45) is 0 Å². The maximum atomic E-state index is 13.0. The molecule has 9 nitrogen and oxygen atoms in total. The zero-order valence-corrected chi connectivity index (χ0v) is 21.9. The van der Waals surface area contributed by atoms with E-state index < -0.39 is 4.92 Å². The Kier molecular flexibility index (Phi) is 7.50. The van der Waals surface area contributed by atoms with Crippen molar-refractivity contribution in [3.63, 3.8) is 0 Å². The predicted molar refractivity (Wildman–Crippen MR) is 146 cm³/mol. The Bertz CT molecular complexity index is 1450. The molecule has 3 heterocycles. The number of hydrogen-bond donors (Lipinski definition) is 1. The molecule has 4 aromatic rings. The highest BCUT2D eigenvalue weighted by Crippen LogP contribution is 2.31. The number of aromatic amines is 1. The molecule has 2 amide bonds. The Morgan fingerprint density at radius 3 is 2.63 bits per heavy atom. The molecule has 0 aliphatic carbocycles. The van der Waals surface area contributed by atoms with Crippen LogP contribution in [0.5, 0.6) is 0 Å². The predicted octanol–water partition coefficient (Wildman–Crippen LogP) is 4.80. The van der Waals surface area contributed by atoms with Crippen molar-refractivity contribution < 1.29 is 14.5 Å². The van der Waals surface area contributed by atoms with Crippen molar-refractivity contribution in [1.82, 2.24) is 19.8 Å². The largest absolute Gasteiger partial charge is 0.361 e. The number of likely N-dealkylation sites (N-methyl/N-ethyl adjacent to an activating group) is 1. The minimum absolute atomic E-state index is 0.0534. The molecule has 0 unspecified atom stereocenters. The highest BCUT2D eigenvalue weighted by atomic mass is 32.1. The molecule has 1 aliphatic heterocycles. The van der Waals surface area contributed by atoms with Gasteiger partial charge in [0.1, 0.15) is 5.69 Å². The summed E-state index contributed by atoms with van der Waals surface area (Å²) >= 11 is 1.51. The van der Waals surface area contributed by atoms with Gasteiger partial charge in [0, 0.05) is 67.2 Å². The third-order valence-electron chi connectivity index (χ3n) is 7.18. The molecule has 196 valence electrons. The first-order valence-corrected chi connectivity index (χ1v) is 13.5. The first kappa shape index (κ1) is 25.6. The average Bonchev–Trinajstić information content (AvgIpc) is 3.60. The highest BCUT2D eigenvalue weighted by Gasteiger charge is 2.27. The van der Waals surface area contributed by atoms with Crippen molar-refractivity contribution in [1.29, 1.82) is 0 Å². The number of fused-ring (bicyclic) bond motifs is 1. The molecule has 1 N–H and O–H groups in total. The average molecular weight is 532 g/mol. The summed E-state index contributed by atoms with van der Waals surface area (Å²) in [6, 6.07) is 14.4. The monoisotopic (exact) mass is 531 g/mol. The fourth-order valence-electron chi connectivity index (χ4n) is 4.88. The number of benzene rings is 2. The van der Waals surface area contributed by atoms with Crippen LogP contribution >= 0.6 is 11.3 Å². The van der Waals surface area contributed by atoms with Crippen LogP contribution in [0, 0.1) is 10.1 Å². The van der Waals surface area contributed by atoms with Crippen molar-refractivity contribution in [3.8, 4) is 0 Å². The summed E-state index contributed by atoms with van der Waals surface area (Å²) in [5, 5.41) is 14.7. The molecule has 2 aromatic carbocycles. The lowest BCUT2D eigenvalue weighted by molar-refractivity contribution is -0.384. The smallest absolute Gasteiger partial charge is 0.273 e. The van der Waals surface area contributed by atoms with E-state index >= 15 is 0 Å². The lowest BCUT2D eigenvalue weighted by Crippen LogP contribution is -2.38. The standard InChI is InChI=1S/C28H29N5O4S/c1-31(13-10-19-6-8-22(9-7-19)33(36)37)28(35)25-18-38-27(30-25)20-11-14-32(15-12-20)26(34)16-21-17-29-24-5-3-2-4-23(21)24/h2-9,17-18,20,29H,10-16H2,1H3. The number of non-ortho nitro benzene ring substituents is 1. The lowest BCUT2D eigenvalue weighted by Gasteiger charge is -2.31. The molecule has 0 spiro atoms. The second kappa shape index (κ2) is 11.1. The minimum atomic E-state index is -0.424. The Labute approximate surface area is 224 Å². The van der Waals surface area contributed by atoms with Crippen LogP contribution in [0.3, 0.4) is 0 Å². The second-order valence-electron chi connectivity index (χ2n) is 9.66. The normalized spacial score (nSPS) is 14.1. The number of nitro benzene ring substituents is 1. The molecule has 38 heavy (non-hydrogen) atoms. The number of para-hydroxylation sites is 1. The SMILES string of the molecule is CN(CCc1ccc([N+](=O)[O-])cc1)C(=O)c1csc(C2CCN(C(=O)Cc3c[nH]c4ccccc34)CC2)n1. The number of carbonyl (C=O) groups excluding carboxylic acids is 2. The summed E-state index contributed by atoms with van der Waals surface area (Å²) in [6.07, 6.45) is 4.57. The maximum absolute atomic E-state index is 13.0. The molecule has 0 atom stereocenters. The fourth-order valence-corrected chi connectivity index (χ4v) is 5.85. The fraction of sp³-hybridized carbons (Fsp3) is 0.321. The molecular weight excluding hydrogens is 502 g/mol. The Hall–Kier alpha value is -4.05. The van der Waals surface area contributed by atoms with Crippen LogP contribution in [0.15, 0.2) is 60.1 Å². The van der Waals surface area contributed by atoms with Gasteiger partial charge in [-0.2, -0.15) is 0 Å². The highest BCUT2D eigenvalue weighted by molar-refractivity contribution is 7.09. The zero-order valence-electron chi connectivity index (χ0n) is 21.1. The summed E-state index contributed by atoms with van der Waals surface area (Å²) in [7, 11) is 1.74. The Morgan fingerprint density at radius 2 is 1.89 bits per heavy atom. The molecule has 10 heteroatoms. The van der Waals surface area contributed by atoms with Crippen LogP contribution in [0.25, 0.3) is 10.9 Å². The van der Waals surface area contributed by atoms with Gasteiger partial charge in [0.05, 0.1) is 16.4 Å². The van der Waals surface area contributed by atoms with Crippen molar-refractivity contribution in [3.05, 3.63) is 92.1 Å². The number of likely N-dealkylation sites (tertiary alicyclic amines) is 1. The van der Waals surface area contributed by atoms with Crippen LogP contribution in [-0.4, -0.2) is 63.2 Å². The molecule has 1 saturated heterocycles. The van der Waals surface area contributed by atoms with E-state index in [2.05, 4.69) is 9.97 Å². The molecule has 1 aliphatic rings. The van der Waals surface area contributed by atoms with Crippen LogP contribution in [0.2, 0.25) is 0 Å². The Morgan fingerprint density at radius 1 is 1.16 bits per heavy atom. The van der Waals surface area contributed by atoms with Crippen LogP contribution in [-0.2, 0) is 17.6 Å². The molecule has 1 fully saturated rings. The van der Waals surface area contributed by atoms with Gasteiger partial charge in [-0.05, 0) is 36.5 Å². The number of thiazole rings is 1. The molecule has 2 aromatic heterocycles. The van der Waals surface area contributed by atoms with Crippen molar-refractivity contribution >= 4 is 39.7 Å². The lowest BCUT2D eigenvalue weighted by atomic mass is 9.97.